The number of hydrogen-bond donors (Lipinski definition) is 1. The average molecular weight is 425 g/mol. The van der Waals surface area contributed by atoms with Crippen molar-refractivity contribution in [1.29, 1.82) is 5.26 Å². The molecule has 0 aliphatic heterocycles. The summed E-state index contributed by atoms with van der Waals surface area (Å²) in [7, 11) is 0. The molecular weight excluding hydrogens is 405 g/mol. The Kier molecular flexibility index (Phi) is 5.82. The van der Waals surface area contributed by atoms with E-state index in [1.807, 2.05) is 30.3 Å². The van der Waals surface area contributed by atoms with Crippen LogP contribution in [0.5, 0.6) is 5.75 Å². The molecule has 0 spiro atoms. The topological polar surface area (TPSA) is 78.9 Å². The third-order valence-corrected chi connectivity index (χ3v) is 5.36. The highest BCUT2D eigenvalue weighted by Crippen LogP contribution is 2.31. The number of rotatable bonds is 5. The predicted molar refractivity (Wildman–Crippen MR) is 121 cm³/mol. The van der Waals surface area contributed by atoms with Crippen LogP contribution in [0.4, 0.5) is 4.39 Å². The number of hydrogen-bond acceptors (Lipinski definition) is 4. The fourth-order valence-electron chi connectivity index (χ4n) is 3.76. The van der Waals surface area contributed by atoms with Crippen LogP contribution in [-0.2, 0) is 13.0 Å². The minimum Gasteiger partial charge on any atom is -0.504 e. The molecule has 0 saturated carbocycles. The van der Waals surface area contributed by atoms with E-state index in [9.17, 15) is 19.6 Å². The van der Waals surface area contributed by atoms with Crippen molar-refractivity contribution in [1.82, 2.24) is 9.55 Å². The Morgan fingerprint density at radius 3 is 2.44 bits per heavy atom. The number of aromatic nitrogens is 2. The molecule has 1 aromatic heterocycles. The molecule has 5 nitrogen and oxygen atoms in total. The van der Waals surface area contributed by atoms with Crippen molar-refractivity contribution >= 4 is 0 Å². The number of phenolic OH excluding ortho intramolecular Hbond substituents is 1. The lowest BCUT2D eigenvalue weighted by atomic mass is 9.99. The number of aromatic hydroxyl groups is 1. The van der Waals surface area contributed by atoms with Gasteiger partial charge in [-0.25, -0.2) is 9.37 Å². The molecule has 0 aliphatic rings. The summed E-state index contributed by atoms with van der Waals surface area (Å²) in [5, 5.41) is 19.9. The molecular formula is C26H20FN3O2. The van der Waals surface area contributed by atoms with E-state index in [2.05, 4.69) is 11.1 Å². The van der Waals surface area contributed by atoms with Gasteiger partial charge in [0.15, 0.2) is 11.6 Å². The fourth-order valence-corrected chi connectivity index (χ4v) is 3.76. The quantitative estimate of drug-likeness (QED) is 0.496. The lowest BCUT2D eigenvalue weighted by Crippen LogP contribution is -2.27. The fraction of sp³-hybridized carbons (Fsp3) is 0.115. The molecule has 1 N–H and O–H groups in total. The van der Waals surface area contributed by atoms with Crippen LogP contribution in [0.3, 0.4) is 0 Å². The molecule has 0 unspecified atom stereocenters. The van der Waals surface area contributed by atoms with Crippen LogP contribution in [0.1, 0.15) is 16.8 Å². The average Bonchev–Trinajstić information content (AvgIpc) is 2.81. The van der Waals surface area contributed by atoms with Gasteiger partial charge in [0, 0.05) is 12.1 Å². The number of aryl methyl sites for hydroxylation is 2. The van der Waals surface area contributed by atoms with Crippen molar-refractivity contribution in [2.45, 2.75) is 19.9 Å². The van der Waals surface area contributed by atoms with Gasteiger partial charge in [-0.1, -0.05) is 54.6 Å². The monoisotopic (exact) mass is 425 g/mol. The van der Waals surface area contributed by atoms with E-state index in [0.717, 1.165) is 11.6 Å². The SMILES string of the molecule is Cc1nc(-c2cccc(F)c2O)n(CCc2ccccc2)c(=O)c1-c1ccccc1C#N. The zero-order chi connectivity index (χ0) is 22.7. The Balaban J connectivity index is 1.95. The number of phenols is 1. The first-order chi connectivity index (χ1) is 15.5. The van der Waals surface area contributed by atoms with Gasteiger partial charge in [-0.05, 0) is 37.1 Å². The lowest BCUT2D eigenvalue weighted by molar-refractivity contribution is 0.433. The van der Waals surface area contributed by atoms with Crippen LogP contribution in [0.25, 0.3) is 22.5 Å². The molecule has 0 saturated heterocycles. The molecule has 6 heteroatoms. The van der Waals surface area contributed by atoms with Crippen molar-refractivity contribution in [3.8, 4) is 34.3 Å². The second-order valence-electron chi connectivity index (χ2n) is 7.38. The third-order valence-electron chi connectivity index (χ3n) is 5.36. The number of halogens is 1. The highest BCUT2D eigenvalue weighted by molar-refractivity contribution is 5.73. The van der Waals surface area contributed by atoms with Gasteiger partial charge in [-0.3, -0.25) is 9.36 Å². The lowest BCUT2D eigenvalue weighted by Gasteiger charge is -2.17. The van der Waals surface area contributed by atoms with Crippen molar-refractivity contribution in [3.05, 3.63) is 106 Å². The molecule has 0 atom stereocenters. The van der Waals surface area contributed by atoms with Gasteiger partial charge >= 0.3 is 0 Å². The second kappa shape index (κ2) is 8.86. The predicted octanol–water partition coefficient (Wildman–Crippen LogP) is 4.84. The number of benzene rings is 3. The first kappa shape index (κ1) is 21.0. The van der Waals surface area contributed by atoms with Gasteiger partial charge in [0.1, 0.15) is 5.82 Å². The minimum absolute atomic E-state index is 0.137. The Bertz CT molecular complexity index is 1390. The number of para-hydroxylation sites is 1. The van der Waals surface area contributed by atoms with Gasteiger partial charge in [-0.15, -0.1) is 0 Å². The van der Waals surface area contributed by atoms with E-state index in [1.165, 1.54) is 16.7 Å². The summed E-state index contributed by atoms with van der Waals surface area (Å²) in [6.07, 6.45) is 0.536. The van der Waals surface area contributed by atoms with E-state index in [1.54, 1.807) is 31.2 Å². The molecule has 0 amide bonds. The summed E-state index contributed by atoms with van der Waals surface area (Å²) >= 11 is 0. The molecule has 1 heterocycles. The molecule has 158 valence electrons. The van der Waals surface area contributed by atoms with Crippen LogP contribution < -0.4 is 5.56 Å². The molecule has 32 heavy (non-hydrogen) atoms. The van der Waals surface area contributed by atoms with E-state index in [4.69, 9.17) is 0 Å². The summed E-state index contributed by atoms with van der Waals surface area (Å²) in [6.45, 7) is 1.94. The normalized spacial score (nSPS) is 10.7. The Hall–Kier alpha value is -4.24. The smallest absolute Gasteiger partial charge is 0.261 e. The van der Waals surface area contributed by atoms with Crippen LogP contribution >= 0.6 is 0 Å². The number of nitrogens with zero attached hydrogens (tertiary/aromatic N) is 3. The maximum absolute atomic E-state index is 14.1. The zero-order valence-electron chi connectivity index (χ0n) is 17.4. The zero-order valence-corrected chi connectivity index (χ0v) is 17.4. The highest BCUT2D eigenvalue weighted by Gasteiger charge is 2.21. The summed E-state index contributed by atoms with van der Waals surface area (Å²) in [5.41, 5.74) is 2.38. The summed E-state index contributed by atoms with van der Waals surface area (Å²) in [4.78, 5) is 18.3. The maximum Gasteiger partial charge on any atom is 0.261 e. The number of nitriles is 1. The van der Waals surface area contributed by atoms with Gasteiger partial charge < -0.3 is 5.11 Å². The Labute approximate surface area is 184 Å². The van der Waals surface area contributed by atoms with Gasteiger partial charge in [0.2, 0.25) is 0 Å². The van der Waals surface area contributed by atoms with Crippen LogP contribution in [-0.4, -0.2) is 14.7 Å². The van der Waals surface area contributed by atoms with E-state index < -0.39 is 11.6 Å². The van der Waals surface area contributed by atoms with Crippen LogP contribution in [0, 0.1) is 24.1 Å². The van der Waals surface area contributed by atoms with Gasteiger partial charge in [0.05, 0.1) is 28.5 Å². The molecule has 0 radical (unpaired) electrons. The third kappa shape index (κ3) is 3.88. The molecule has 4 rings (SSSR count). The highest BCUT2D eigenvalue weighted by atomic mass is 19.1. The van der Waals surface area contributed by atoms with Gasteiger partial charge in [-0.2, -0.15) is 5.26 Å². The standard InChI is InChI=1S/C26H20FN3O2/c1-17-23(20-11-6-5-10-19(20)16-28)26(32)30(15-14-18-8-3-2-4-9-18)25(29-17)21-12-7-13-22(27)24(21)31/h2-13,31H,14-15H2,1H3. The second-order valence-corrected chi connectivity index (χ2v) is 7.38. The summed E-state index contributed by atoms with van der Waals surface area (Å²) < 4.78 is 15.5. The molecule has 0 bridgehead atoms. The van der Waals surface area contributed by atoms with Crippen molar-refractivity contribution < 1.29 is 9.50 Å². The van der Waals surface area contributed by atoms with Crippen molar-refractivity contribution in [2.75, 3.05) is 0 Å². The largest absolute Gasteiger partial charge is 0.504 e. The molecule has 0 aliphatic carbocycles. The van der Waals surface area contributed by atoms with E-state index in [-0.39, 0.29) is 23.5 Å². The first-order valence-corrected chi connectivity index (χ1v) is 10.1. The summed E-state index contributed by atoms with van der Waals surface area (Å²) in [5.74, 6) is -1.17. The maximum atomic E-state index is 14.1. The first-order valence-electron chi connectivity index (χ1n) is 10.1. The molecule has 0 fully saturated rings. The van der Waals surface area contributed by atoms with Crippen molar-refractivity contribution in [3.63, 3.8) is 0 Å². The minimum atomic E-state index is -0.789. The van der Waals surface area contributed by atoms with E-state index >= 15 is 0 Å². The molecule has 4 aromatic rings. The Morgan fingerprint density at radius 2 is 1.69 bits per heavy atom. The summed E-state index contributed by atoms with van der Waals surface area (Å²) in [6, 6.07) is 22.8. The van der Waals surface area contributed by atoms with Crippen LogP contribution in [0.15, 0.2) is 77.6 Å². The van der Waals surface area contributed by atoms with E-state index in [0.29, 0.717) is 28.8 Å². The molecule has 3 aromatic carbocycles. The van der Waals surface area contributed by atoms with Crippen molar-refractivity contribution in [2.24, 2.45) is 0 Å². The van der Waals surface area contributed by atoms with Crippen LogP contribution in [0.2, 0.25) is 0 Å². The Morgan fingerprint density at radius 1 is 1.00 bits per heavy atom. The van der Waals surface area contributed by atoms with Gasteiger partial charge in [0.25, 0.3) is 5.56 Å².